The Kier molecular flexibility index (Phi) is 4.98. The number of fused-ring (bicyclic) bond motifs is 3. The number of esters is 2. The van der Waals surface area contributed by atoms with Gasteiger partial charge in [0, 0.05) is 36.1 Å². The van der Waals surface area contributed by atoms with Crippen molar-refractivity contribution in [3.8, 4) is 0 Å². The van der Waals surface area contributed by atoms with Crippen LogP contribution in [0.4, 0.5) is 5.69 Å². The van der Waals surface area contributed by atoms with Crippen molar-refractivity contribution in [3.05, 3.63) is 29.5 Å². The minimum absolute atomic E-state index is 0.0377. The van der Waals surface area contributed by atoms with Crippen molar-refractivity contribution in [2.45, 2.75) is 32.7 Å². The molecule has 0 fully saturated rings. The summed E-state index contributed by atoms with van der Waals surface area (Å²) in [5.74, 6) is -1.62. The quantitative estimate of drug-likeness (QED) is 0.617. The maximum absolute atomic E-state index is 12.6. The zero-order valence-corrected chi connectivity index (χ0v) is 15.4. The number of anilines is 1. The van der Waals surface area contributed by atoms with Crippen molar-refractivity contribution in [2.24, 2.45) is 4.99 Å². The molecule has 0 radical (unpaired) electrons. The second kappa shape index (κ2) is 7.22. The van der Waals surface area contributed by atoms with Gasteiger partial charge in [0.1, 0.15) is 0 Å². The van der Waals surface area contributed by atoms with Gasteiger partial charge in [0.15, 0.2) is 0 Å². The van der Waals surface area contributed by atoms with Crippen LogP contribution in [0.3, 0.4) is 0 Å². The van der Waals surface area contributed by atoms with Gasteiger partial charge in [0.25, 0.3) is 5.54 Å². The number of nitrogens with one attached hydrogen (secondary N) is 2. The van der Waals surface area contributed by atoms with Crippen molar-refractivity contribution in [1.29, 1.82) is 0 Å². The number of carbonyl (C=O) groups excluding carboxylic acids is 3. The lowest BCUT2D eigenvalue weighted by Gasteiger charge is -2.27. The van der Waals surface area contributed by atoms with Crippen LogP contribution in [0.5, 0.6) is 0 Å². The van der Waals surface area contributed by atoms with E-state index in [9.17, 15) is 14.4 Å². The van der Waals surface area contributed by atoms with Crippen LogP contribution in [0, 0.1) is 0 Å². The molecular formula is C19H21N3O5. The molecule has 1 amide bonds. The molecule has 0 spiro atoms. The van der Waals surface area contributed by atoms with Crippen molar-refractivity contribution >= 4 is 40.7 Å². The smallest absolute Gasteiger partial charge is 0.346 e. The van der Waals surface area contributed by atoms with E-state index in [1.807, 2.05) is 6.07 Å². The van der Waals surface area contributed by atoms with Gasteiger partial charge in [-0.3, -0.25) is 9.79 Å². The second-order valence-electron chi connectivity index (χ2n) is 6.19. The summed E-state index contributed by atoms with van der Waals surface area (Å²) in [5.41, 5.74) is 1.14. The molecule has 0 atom stereocenters. The van der Waals surface area contributed by atoms with Gasteiger partial charge in [0.05, 0.1) is 18.9 Å². The first-order chi connectivity index (χ1) is 12.9. The molecule has 8 nitrogen and oxygen atoms in total. The van der Waals surface area contributed by atoms with E-state index < -0.39 is 17.5 Å². The van der Waals surface area contributed by atoms with Crippen molar-refractivity contribution < 1.29 is 23.9 Å². The highest BCUT2D eigenvalue weighted by Gasteiger charge is 2.51. The highest BCUT2D eigenvalue weighted by Crippen LogP contribution is 2.33. The molecule has 3 rings (SSSR count). The SMILES string of the molecule is CCOC(=O)C1(C(=O)OCC)Cc2c([nH]c3cc(NC(C)=O)ccc23)C=N1. The number of rotatable bonds is 5. The summed E-state index contributed by atoms with van der Waals surface area (Å²) in [6.07, 6.45) is 1.50. The molecule has 142 valence electrons. The standard InChI is InChI=1S/C19H21N3O5/c1-4-26-17(24)19(18(25)27-5-2)9-14-13-7-6-12(21-11(3)23)8-15(13)22-16(14)10-20-19/h6-8,10,22H,4-5,9H2,1-3H3,(H,21,23). The molecule has 0 bridgehead atoms. The number of carbonyl (C=O) groups is 3. The summed E-state index contributed by atoms with van der Waals surface area (Å²) in [4.78, 5) is 43.9. The average Bonchev–Trinajstić information content (AvgIpc) is 2.98. The van der Waals surface area contributed by atoms with Crippen LogP contribution in [0.25, 0.3) is 10.9 Å². The first-order valence-electron chi connectivity index (χ1n) is 8.73. The fraction of sp³-hybridized carbons (Fsp3) is 0.368. The van der Waals surface area contributed by atoms with Gasteiger partial charge in [-0.05, 0) is 31.5 Å². The predicted octanol–water partition coefficient (Wildman–Crippen LogP) is 1.97. The van der Waals surface area contributed by atoms with E-state index in [-0.39, 0.29) is 25.5 Å². The molecule has 27 heavy (non-hydrogen) atoms. The Hall–Kier alpha value is -3.16. The number of amides is 1. The van der Waals surface area contributed by atoms with Gasteiger partial charge in [-0.1, -0.05) is 6.07 Å². The molecule has 1 aliphatic heterocycles. The van der Waals surface area contributed by atoms with Crippen LogP contribution in [0.15, 0.2) is 23.2 Å². The van der Waals surface area contributed by atoms with Crippen molar-refractivity contribution in [1.82, 2.24) is 4.98 Å². The monoisotopic (exact) mass is 371 g/mol. The molecule has 2 N–H and O–H groups in total. The summed E-state index contributed by atoms with van der Waals surface area (Å²) in [6, 6.07) is 5.38. The Morgan fingerprint density at radius 3 is 2.44 bits per heavy atom. The van der Waals surface area contributed by atoms with E-state index in [0.717, 1.165) is 16.5 Å². The molecule has 0 unspecified atom stereocenters. The number of ether oxygens (including phenoxy) is 2. The number of aliphatic imine (C=N–C) groups is 1. The zero-order valence-electron chi connectivity index (χ0n) is 15.4. The van der Waals surface area contributed by atoms with E-state index in [4.69, 9.17) is 9.47 Å². The molecule has 2 aromatic rings. The molecule has 0 saturated heterocycles. The summed E-state index contributed by atoms with van der Waals surface area (Å²) >= 11 is 0. The van der Waals surface area contributed by atoms with Gasteiger partial charge in [-0.25, -0.2) is 9.59 Å². The third kappa shape index (κ3) is 3.30. The molecular weight excluding hydrogens is 350 g/mol. The predicted molar refractivity (Wildman–Crippen MR) is 99.9 cm³/mol. The first-order valence-corrected chi connectivity index (χ1v) is 8.73. The Labute approximate surface area is 155 Å². The molecule has 2 heterocycles. The second-order valence-corrected chi connectivity index (χ2v) is 6.19. The number of H-pyrrole nitrogens is 1. The van der Waals surface area contributed by atoms with E-state index in [1.165, 1.54) is 13.1 Å². The third-order valence-corrected chi connectivity index (χ3v) is 4.33. The lowest BCUT2D eigenvalue weighted by atomic mass is 9.87. The van der Waals surface area contributed by atoms with Crippen LogP contribution in [0.1, 0.15) is 32.0 Å². The maximum Gasteiger partial charge on any atom is 0.346 e. The highest BCUT2D eigenvalue weighted by atomic mass is 16.6. The van der Waals surface area contributed by atoms with E-state index in [1.54, 1.807) is 26.0 Å². The van der Waals surface area contributed by atoms with Crippen LogP contribution < -0.4 is 5.32 Å². The third-order valence-electron chi connectivity index (χ3n) is 4.33. The van der Waals surface area contributed by atoms with Gasteiger partial charge < -0.3 is 19.8 Å². The Balaban J connectivity index is 2.05. The number of hydrogen-bond donors (Lipinski definition) is 2. The zero-order chi connectivity index (χ0) is 19.6. The number of nitrogens with zero attached hydrogens (tertiary/aromatic N) is 1. The van der Waals surface area contributed by atoms with Crippen LogP contribution in [-0.2, 0) is 30.3 Å². The normalized spacial score (nSPS) is 14.5. The fourth-order valence-corrected chi connectivity index (χ4v) is 3.17. The molecule has 8 heteroatoms. The van der Waals surface area contributed by atoms with Gasteiger partial charge in [0.2, 0.25) is 5.91 Å². The van der Waals surface area contributed by atoms with Crippen molar-refractivity contribution in [2.75, 3.05) is 18.5 Å². The average molecular weight is 371 g/mol. The summed E-state index contributed by atoms with van der Waals surface area (Å²) in [5, 5.41) is 3.56. The van der Waals surface area contributed by atoms with Gasteiger partial charge in [-0.2, -0.15) is 0 Å². The molecule has 1 aliphatic rings. The summed E-state index contributed by atoms with van der Waals surface area (Å²) in [7, 11) is 0. The molecule has 0 saturated carbocycles. The minimum atomic E-state index is -1.75. The highest BCUT2D eigenvalue weighted by molar-refractivity contribution is 6.10. The largest absolute Gasteiger partial charge is 0.464 e. The number of benzene rings is 1. The van der Waals surface area contributed by atoms with Gasteiger partial charge in [-0.15, -0.1) is 0 Å². The van der Waals surface area contributed by atoms with Crippen LogP contribution in [-0.4, -0.2) is 47.8 Å². The van der Waals surface area contributed by atoms with Crippen molar-refractivity contribution in [3.63, 3.8) is 0 Å². The first kappa shape index (κ1) is 18.6. The van der Waals surface area contributed by atoms with Gasteiger partial charge >= 0.3 is 11.9 Å². The maximum atomic E-state index is 12.6. The molecule has 0 aliphatic carbocycles. The van der Waals surface area contributed by atoms with Crippen LogP contribution in [0.2, 0.25) is 0 Å². The number of hydrogen-bond acceptors (Lipinski definition) is 6. The summed E-state index contributed by atoms with van der Waals surface area (Å²) < 4.78 is 10.2. The topological polar surface area (TPSA) is 110 Å². The molecule has 1 aromatic heterocycles. The van der Waals surface area contributed by atoms with E-state index in [0.29, 0.717) is 11.4 Å². The lowest BCUT2D eigenvalue weighted by Crippen LogP contribution is -2.50. The minimum Gasteiger partial charge on any atom is -0.464 e. The Bertz CT molecular complexity index is 926. The summed E-state index contributed by atoms with van der Waals surface area (Å²) in [6.45, 7) is 5.05. The van der Waals surface area contributed by atoms with E-state index in [2.05, 4.69) is 15.3 Å². The number of aromatic amines is 1. The Morgan fingerprint density at radius 1 is 1.19 bits per heavy atom. The van der Waals surface area contributed by atoms with E-state index >= 15 is 0 Å². The Morgan fingerprint density at radius 2 is 1.85 bits per heavy atom. The number of aromatic nitrogens is 1. The molecule has 1 aromatic carbocycles. The van der Waals surface area contributed by atoms with Crippen LogP contribution >= 0.6 is 0 Å². The fourth-order valence-electron chi connectivity index (χ4n) is 3.17. The lowest BCUT2D eigenvalue weighted by molar-refractivity contribution is -0.163.